The molecule has 7 nitrogen and oxygen atoms in total. The lowest BCUT2D eigenvalue weighted by Gasteiger charge is -2.25. The van der Waals surface area contributed by atoms with E-state index in [9.17, 15) is 19.2 Å². The lowest BCUT2D eigenvalue weighted by atomic mass is 9.76. The van der Waals surface area contributed by atoms with Crippen LogP contribution in [0.15, 0.2) is 84.9 Å². The molecule has 1 aliphatic carbocycles. The highest BCUT2D eigenvalue weighted by atomic mass is 16.5. The fourth-order valence-electron chi connectivity index (χ4n) is 6.03. The number of para-hydroxylation sites is 1. The topological polar surface area (TPSA) is 93.6 Å². The number of rotatable bonds is 6. The number of hydrogen-bond donors (Lipinski definition) is 0. The standard InChI is InChI=1S/C34H30N2O5/c1-20-12-17-26-27(18-20)33(39)36(32(26)38)24-15-13-22(14-16-24)30-19-28(25-10-6-7-11-29(25)35-30)34(40)41-21(2)31(37)23-8-4-3-5-9-23/h3-11,13-16,19-21,26-27H,12,17-18H2,1-2H3. The Hall–Kier alpha value is -4.65. The highest BCUT2D eigenvalue weighted by molar-refractivity contribution is 6.22. The first kappa shape index (κ1) is 26.6. The monoisotopic (exact) mass is 546 g/mol. The minimum absolute atomic E-state index is 0.118. The van der Waals surface area contributed by atoms with Gasteiger partial charge in [-0.2, -0.15) is 0 Å². The van der Waals surface area contributed by atoms with Gasteiger partial charge in [0, 0.05) is 16.5 Å². The summed E-state index contributed by atoms with van der Waals surface area (Å²) in [7, 11) is 0. The number of pyridine rings is 1. The number of hydrogen-bond acceptors (Lipinski definition) is 6. The van der Waals surface area contributed by atoms with Gasteiger partial charge in [-0.3, -0.25) is 19.3 Å². The van der Waals surface area contributed by atoms with Gasteiger partial charge in [0.1, 0.15) is 0 Å². The molecular weight excluding hydrogens is 516 g/mol. The Balaban J connectivity index is 1.28. The number of ether oxygens (including phenoxy) is 1. The molecule has 3 aromatic carbocycles. The highest BCUT2D eigenvalue weighted by Gasteiger charge is 2.49. The first-order chi connectivity index (χ1) is 19.8. The van der Waals surface area contributed by atoms with Crippen molar-refractivity contribution in [3.05, 3.63) is 96.1 Å². The van der Waals surface area contributed by atoms with E-state index < -0.39 is 12.1 Å². The summed E-state index contributed by atoms with van der Waals surface area (Å²) < 4.78 is 5.62. The molecule has 2 aliphatic rings. The number of Topliss-reactive ketones (excluding diaryl/α,β-unsaturated/α-hetero) is 1. The van der Waals surface area contributed by atoms with Gasteiger partial charge in [0.2, 0.25) is 17.6 Å². The van der Waals surface area contributed by atoms with E-state index in [1.165, 1.54) is 4.90 Å². The molecule has 0 N–H and O–H groups in total. The maximum atomic E-state index is 13.4. The Labute approximate surface area is 238 Å². The molecule has 1 aliphatic heterocycles. The van der Waals surface area contributed by atoms with Gasteiger partial charge in [-0.05, 0) is 56.4 Å². The smallest absolute Gasteiger partial charge is 0.339 e. The molecule has 4 atom stereocenters. The molecule has 41 heavy (non-hydrogen) atoms. The molecule has 2 heterocycles. The van der Waals surface area contributed by atoms with Crippen molar-refractivity contribution in [3.8, 4) is 11.3 Å². The van der Waals surface area contributed by atoms with Crippen LogP contribution in [0.3, 0.4) is 0 Å². The van der Waals surface area contributed by atoms with E-state index in [2.05, 4.69) is 6.92 Å². The summed E-state index contributed by atoms with van der Waals surface area (Å²) in [6, 6.07) is 24.7. The number of carbonyl (C=O) groups excluding carboxylic acids is 4. The summed E-state index contributed by atoms with van der Waals surface area (Å²) in [5.41, 5.74) is 3.16. The predicted molar refractivity (Wildman–Crippen MR) is 155 cm³/mol. The molecule has 1 aromatic heterocycles. The minimum atomic E-state index is -0.971. The Morgan fingerprint density at radius 3 is 2.32 bits per heavy atom. The van der Waals surface area contributed by atoms with Crippen LogP contribution in [-0.4, -0.2) is 34.7 Å². The van der Waals surface area contributed by atoms with E-state index in [4.69, 9.17) is 9.72 Å². The van der Waals surface area contributed by atoms with Crippen LogP contribution in [-0.2, 0) is 14.3 Å². The number of fused-ring (bicyclic) bond motifs is 2. The van der Waals surface area contributed by atoms with Crippen molar-refractivity contribution >= 4 is 40.2 Å². The molecule has 1 saturated carbocycles. The molecular formula is C34H30N2O5. The molecule has 6 rings (SSSR count). The van der Waals surface area contributed by atoms with Gasteiger partial charge in [0.25, 0.3) is 0 Å². The molecule has 2 fully saturated rings. The number of carbonyl (C=O) groups is 4. The average molecular weight is 547 g/mol. The number of anilines is 1. The summed E-state index contributed by atoms with van der Waals surface area (Å²) in [5, 5.41) is 0.613. The summed E-state index contributed by atoms with van der Waals surface area (Å²) >= 11 is 0. The van der Waals surface area contributed by atoms with Crippen molar-refractivity contribution in [1.29, 1.82) is 0 Å². The number of amides is 2. The maximum absolute atomic E-state index is 13.4. The Morgan fingerprint density at radius 2 is 1.56 bits per heavy atom. The molecule has 7 heteroatoms. The van der Waals surface area contributed by atoms with Crippen molar-refractivity contribution in [3.63, 3.8) is 0 Å². The third kappa shape index (κ3) is 4.92. The first-order valence-corrected chi connectivity index (χ1v) is 14.0. The SMILES string of the molecule is CC1CCC2C(=O)N(c3ccc(-c4cc(C(=O)OC(C)C(=O)c5ccccc5)c5ccccc5n4)cc3)C(=O)C2C1. The van der Waals surface area contributed by atoms with Gasteiger partial charge < -0.3 is 4.74 Å². The van der Waals surface area contributed by atoms with Crippen LogP contribution >= 0.6 is 0 Å². The van der Waals surface area contributed by atoms with Crippen molar-refractivity contribution in [1.82, 2.24) is 4.98 Å². The van der Waals surface area contributed by atoms with Gasteiger partial charge in [0.05, 0.1) is 34.3 Å². The van der Waals surface area contributed by atoms with Crippen LogP contribution in [0.2, 0.25) is 0 Å². The number of ketones is 1. The second-order valence-electron chi connectivity index (χ2n) is 11.0. The van der Waals surface area contributed by atoms with Crippen LogP contribution in [0.1, 0.15) is 53.8 Å². The molecule has 4 unspecified atom stereocenters. The minimum Gasteiger partial charge on any atom is -0.451 e. The van der Waals surface area contributed by atoms with E-state index in [-0.39, 0.29) is 29.4 Å². The molecule has 0 spiro atoms. The molecule has 206 valence electrons. The fraction of sp³-hybridized carbons (Fsp3) is 0.265. The Kier molecular flexibility index (Phi) is 6.95. The van der Waals surface area contributed by atoms with E-state index >= 15 is 0 Å². The predicted octanol–water partition coefficient (Wildman–Crippen LogP) is 6.26. The van der Waals surface area contributed by atoms with Crippen molar-refractivity contribution in [2.75, 3.05) is 4.90 Å². The summed E-state index contributed by atoms with van der Waals surface area (Å²) in [4.78, 5) is 58.5. The lowest BCUT2D eigenvalue weighted by molar-refractivity contribution is -0.122. The average Bonchev–Trinajstić information content (AvgIpc) is 3.24. The lowest BCUT2D eigenvalue weighted by Crippen LogP contribution is -2.30. The first-order valence-electron chi connectivity index (χ1n) is 14.0. The van der Waals surface area contributed by atoms with Crippen molar-refractivity contribution in [2.24, 2.45) is 17.8 Å². The number of benzene rings is 3. The summed E-state index contributed by atoms with van der Waals surface area (Å²) in [5.74, 6) is -1.17. The van der Waals surface area contributed by atoms with Crippen LogP contribution in [0.5, 0.6) is 0 Å². The van der Waals surface area contributed by atoms with Crippen LogP contribution in [0.4, 0.5) is 5.69 Å². The molecule has 0 bridgehead atoms. The van der Waals surface area contributed by atoms with Crippen molar-refractivity contribution in [2.45, 2.75) is 39.2 Å². The van der Waals surface area contributed by atoms with E-state index in [1.54, 1.807) is 67.6 Å². The highest BCUT2D eigenvalue weighted by Crippen LogP contribution is 2.42. The van der Waals surface area contributed by atoms with Crippen LogP contribution < -0.4 is 4.90 Å². The molecule has 0 radical (unpaired) electrons. The van der Waals surface area contributed by atoms with Gasteiger partial charge in [-0.15, -0.1) is 0 Å². The van der Waals surface area contributed by atoms with E-state index in [0.29, 0.717) is 44.9 Å². The van der Waals surface area contributed by atoms with Gasteiger partial charge >= 0.3 is 5.97 Å². The summed E-state index contributed by atoms with van der Waals surface area (Å²) in [6.45, 7) is 3.70. The fourth-order valence-corrected chi connectivity index (χ4v) is 6.03. The van der Waals surface area contributed by atoms with E-state index in [0.717, 1.165) is 19.3 Å². The number of nitrogens with zero attached hydrogens (tertiary/aromatic N) is 2. The van der Waals surface area contributed by atoms with Crippen molar-refractivity contribution < 1.29 is 23.9 Å². The normalized spacial score (nSPS) is 21.0. The second kappa shape index (κ2) is 10.7. The molecule has 2 amide bonds. The second-order valence-corrected chi connectivity index (χ2v) is 11.0. The third-order valence-corrected chi connectivity index (χ3v) is 8.26. The van der Waals surface area contributed by atoms with Gasteiger partial charge in [-0.25, -0.2) is 9.78 Å². The quantitative estimate of drug-likeness (QED) is 0.161. The van der Waals surface area contributed by atoms with Crippen LogP contribution in [0, 0.1) is 17.8 Å². The zero-order chi connectivity index (χ0) is 28.7. The molecule has 1 saturated heterocycles. The molecule has 4 aromatic rings. The number of aromatic nitrogens is 1. The maximum Gasteiger partial charge on any atom is 0.339 e. The van der Waals surface area contributed by atoms with Gasteiger partial charge in [0.15, 0.2) is 6.10 Å². The zero-order valence-electron chi connectivity index (χ0n) is 22.9. The van der Waals surface area contributed by atoms with E-state index in [1.807, 2.05) is 24.3 Å². The number of esters is 1. The Bertz CT molecular complexity index is 1660. The third-order valence-electron chi connectivity index (χ3n) is 8.26. The summed E-state index contributed by atoms with van der Waals surface area (Å²) in [6.07, 6.45) is 1.49. The zero-order valence-corrected chi connectivity index (χ0v) is 22.9. The number of imide groups is 1. The largest absolute Gasteiger partial charge is 0.451 e. The van der Waals surface area contributed by atoms with Crippen LogP contribution in [0.25, 0.3) is 22.2 Å². The van der Waals surface area contributed by atoms with Gasteiger partial charge in [-0.1, -0.05) is 67.6 Å². The Morgan fingerprint density at radius 1 is 0.878 bits per heavy atom.